The molecule has 1 aromatic rings. The molecule has 0 spiro atoms. The number of hydrogen-bond donors (Lipinski definition) is 1. The molecular weight excluding hydrogens is 226 g/mol. The van der Waals surface area contributed by atoms with Gasteiger partial charge in [0.05, 0.1) is 18.6 Å². The van der Waals surface area contributed by atoms with Crippen LogP contribution >= 0.6 is 0 Å². The number of hydrogen-bond acceptors (Lipinski definition) is 3. The summed E-state index contributed by atoms with van der Waals surface area (Å²) < 4.78 is 4.71. The molecule has 0 heterocycles. The third kappa shape index (κ3) is 3.53. The molecule has 0 fully saturated rings. The normalized spacial score (nSPS) is 12.4. The van der Waals surface area contributed by atoms with E-state index in [9.17, 15) is 4.79 Å². The van der Waals surface area contributed by atoms with Crippen molar-refractivity contribution in [1.82, 2.24) is 0 Å². The second kappa shape index (κ2) is 5.59. The lowest BCUT2D eigenvalue weighted by Gasteiger charge is -2.21. The number of esters is 1. The lowest BCUT2D eigenvalue weighted by Crippen LogP contribution is -2.28. The van der Waals surface area contributed by atoms with Gasteiger partial charge >= 0.3 is 5.97 Å². The Hall–Kier alpha value is -1.95. The van der Waals surface area contributed by atoms with Crippen molar-refractivity contribution in [3.8, 4) is 12.3 Å². The standard InChI is InChI=1S/C15H19NO2/c1-6-15(3,4)16-13-9-7-12(8-10-13)11(2)14(17)18-5/h1,7-11,16H,2-5H3. The highest BCUT2D eigenvalue weighted by atomic mass is 16.5. The van der Waals surface area contributed by atoms with Crippen molar-refractivity contribution >= 4 is 11.7 Å². The summed E-state index contributed by atoms with van der Waals surface area (Å²) in [7, 11) is 1.39. The fourth-order valence-corrected chi connectivity index (χ4v) is 1.56. The number of benzene rings is 1. The van der Waals surface area contributed by atoms with Crippen LogP contribution in [-0.4, -0.2) is 18.6 Å². The van der Waals surface area contributed by atoms with Crippen LogP contribution in [-0.2, 0) is 9.53 Å². The lowest BCUT2D eigenvalue weighted by atomic mass is 10.0. The summed E-state index contributed by atoms with van der Waals surface area (Å²) in [5.41, 5.74) is 1.46. The van der Waals surface area contributed by atoms with E-state index in [-0.39, 0.29) is 11.9 Å². The monoisotopic (exact) mass is 245 g/mol. The van der Waals surface area contributed by atoms with Crippen LogP contribution in [0, 0.1) is 12.3 Å². The van der Waals surface area contributed by atoms with Crippen molar-refractivity contribution in [2.45, 2.75) is 32.2 Å². The van der Waals surface area contributed by atoms with E-state index in [1.165, 1.54) is 7.11 Å². The third-order valence-corrected chi connectivity index (χ3v) is 2.78. The largest absolute Gasteiger partial charge is 0.469 e. The van der Waals surface area contributed by atoms with Crippen LogP contribution in [0.5, 0.6) is 0 Å². The van der Waals surface area contributed by atoms with Crippen molar-refractivity contribution < 1.29 is 9.53 Å². The van der Waals surface area contributed by atoms with E-state index in [0.717, 1.165) is 11.3 Å². The highest BCUT2D eigenvalue weighted by molar-refractivity contribution is 5.77. The van der Waals surface area contributed by atoms with Crippen LogP contribution in [0.3, 0.4) is 0 Å². The van der Waals surface area contributed by atoms with Crippen LogP contribution in [0.25, 0.3) is 0 Å². The molecule has 1 N–H and O–H groups in total. The minimum atomic E-state index is -0.393. The van der Waals surface area contributed by atoms with E-state index in [1.54, 1.807) is 0 Å². The Bertz CT molecular complexity index is 454. The third-order valence-electron chi connectivity index (χ3n) is 2.78. The molecule has 0 radical (unpaired) electrons. The molecule has 0 aromatic heterocycles. The Labute approximate surface area is 109 Å². The highest BCUT2D eigenvalue weighted by Crippen LogP contribution is 2.21. The first-order valence-corrected chi connectivity index (χ1v) is 5.83. The highest BCUT2D eigenvalue weighted by Gasteiger charge is 2.16. The maximum atomic E-state index is 11.4. The Balaban J connectivity index is 2.81. The molecule has 1 atom stereocenters. The van der Waals surface area contributed by atoms with Crippen molar-refractivity contribution in [2.75, 3.05) is 12.4 Å². The molecule has 0 bridgehead atoms. The molecule has 1 aromatic carbocycles. The van der Waals surface area contributed by atoms with Crippen molar-refractivity contribution in [3.05, 3.63) is 29.8 Å². The SMILES string of the molecule is C#CC(C)(C)Nc1ccc(C(C)C(=O)OC)cc1. The Morgan fingerprint density at radius 1 is 1.39 bits per heavy atom. The molecule has 1 unspecified atom stereocenters. The van der Waals surface area contributed by atoms with Gasteiger partial charge in [0.2, 0.25) is 0 Å². The second-order valence-corrected chi connectivity index (χ2v) is 4.76. The van der Waals surface area contributed by atoms with Crippen LogP contribution in [0.15, 0.2) is 24.3 Å². The summed E-state index contributed by atoms with van der Waals surface area (Å²) in [5.74, 6) is 2.17. The van der Waals surface area contributed by atoms with E-state index in [1.807, 2.05) is 45.0 Å². The number of rotatable bonds is 4. The summed E-state index contributed by atoms with van der Waals surface area (Å²) in [5, 5.41) is 3.22. The van der Waals surface area contributed by atoms with E-state index in [0.29, 0.717) is 0 Å². The number of terminal acetylenes is 1. The van der Waals surface area contributed by atoms with Gasteiger partial charge in [0.15, 0.2) is 0 Å². The summed E-state index contributed by atoms with van der Waals surface area (Å²) >= 11 is 0. The van der Waals surface area contributed by atoms with Gasteiger partial charge in [-0.1, -0.05) is 18.1 Å². The maximum Gasteiger partial charge on any atom is 0.312 e. The molecule has 3 heteroatoms. The molecule has 1 rings (SSSR count). The van der Waals surface area contributed by atoms with E-state index in [4.69, 9.17) is 11.2 Å². The topological polar surface area (TPSA) is 38.3 Å². The average Bonchev–Trinajstić information content (AvgIpc) is 2.37. The molecule has 0 aliphatic rings. The van der Waals surface area contributed by atoms with E-state index < -0.39 is 5.54 Å². The number of ether oxygens (including phenoxy) is 1. The van der Waals surface area contributed by atoms with Crippen LogP contribution in [0.2, 0.25) is 0 Å². The molecule has 96 valence electrons. The first kappa shape index (κ1) is 14.1. The predicted molar refractivity (Wildman–Crippen MR) is 73.4 cm³/mol. The number of nitrogens with one attached hydrogen (secondary N) is 1. The first-order valence-electron chi connectivity index (χ1n) is 5.83. The summed E-state index contributed by atoms with van der Waals surface area (Å²) in [6.07, 6.45) is 5.42. The number of methoxy groups -OCH3 is 1. The minimum Gasteiger partial charge on any atom is -0.469 e. The van der Waals surface area contributed by atoms with Crippen molar-refractivity contribution in [2.24, 2.45) is 0 Å². The molecule has 0 saturated carbocycles. The fourth-order valence-electron chi connectivity index (χ4n) is 1.56. The van der Waals surface area contributed by atoms with E-state index >= 15 is 0 Å². The fraction of sp³-hybridized carbons (Fsp3) is 0.400. The lowest BCUT2D eigenvalue weighted by molar-refractivity contribution is -0.141. The molecule has 0 amide bonds. The smallest absolute Gasteiger partial charge is 0.312 e. The van der Waals surface area contributed by atoms with Gasteiger partial charge in [-0.2, -0.15) is 0 Å². The maximum absolute atomic E-state index is 11.4. The Morgan fingerprint density at radius 2 is 1.94 bits per heavy atom. The molecule has 0 aliphatic carbocycles. The zero-order valence-electron chi connectivity index (χ0n) is 11.3. The van der Waals surface area contributed by atoms with Crippen LogP contribution < -0.4 is 5.32 Å². The molecule has 0 saturated heterocycles. The minimum absolute atomic E-state index is 0.236. The zero-order chi connectivity index (χ0) is 13.8. The zero-order valence-corrected chi connectivity index (χ0v) is 11.3. The van der Waals surface area contributed by atoms with Gasteiger partial charge in [-0.3, -0.25) is 4.79 Å². The first-order chi connectivity index (χ1) is 8.39. The number of carbonyl (C=O) groups is 1. The molecular formula is C15H19NO2. The predicted octanol–water partition coefficient (Wildman–Crippen LogP) is 2.79. The second-order valence-electron chi connectivity index (χ2n) is 4.76. The molecule has 18 heavy (non-hydrogen) atoms. The van der Waals surface area contributed by atoms with Crippen LogP contribution in [0.4, 0.5) is 5.69 Å². The van der Waals surface area contributed by atoms with Crippen molar-refractivity contribution in [1.29, 1.82) is 0 Å². The quantitative estimate of drug-likeness (QED) is 0.655. The van der Waals surface area contributed by atoms with Crippen LogP contribution in [0.1, 0.15) is 32.3 Å². The van der Waals surface area contributed by atoms with Gasteiger partial charge in [0.1, 0.15) is 0 Å². The molecule has 3 nitrogen and oxygen atoms in total. The Morgan fingerprint density at radius 3 is 2.39 bits per heavy atom. The van der Waals surface area contributed by atoms with Gasteiger partial charge < -0.3 is 10.1 Å². The summed E-state index contributed by atoms with van der Waals surface area (Å²) in [6.45, 7) is 5.68. The van der Waals surface area contributed by atoms with Gasteiger partial charge in [-0.25, -0.2) is 0 Å². The van der Waals surface area contributed by atoms with Gasteiger partial charge in [0.25, 0.3) is 0 Å². The molecule has 0 aliphatic heterocycles. The van der Waals surface area contributed by atoms with Crippen molar-refractivity contribution in [3.63, 3.8) is 0 Å². The average molecular weight is 245 g/mol. The number of carbonyl (C=O) groups excluding carboxylic acids is 1. The Kier molecular flexibility index (Phi) is 4.38. The summed E-state index contributed by atoms with van der Waals surface area (Å²) in [4.78, 5) is 11.4. The summed E-state index contributed by atoms with van der Waals surface area (Å²) in [6, 6.07) is 7.62. The van der Waals surface area contributed by atoms with E-state index in [2.05, 4.69) is 11.2 Å². The van der Waals surface area contributed by atoms with Gasteiger partial charge in [-0.05, 0) is 38.5 Å². The van der Waals surface area contributed by atoms with Gasteiger partial charge in [-0.15, -0.1) is 6.42 Å². The van der Waals surface area contributed by atoms with Gasteiger partial charge in [0, 0.05) is 5.69 Å². The number of anilines is 1.